The maximum Gasteiger partial charge on any atom is 0.315 e. The van der Waals surface area contributed by atoms with Gasteiger partial charge < -0.3 is 25.7 Å². The number of carbonyl (C=O) groups is 2. The van der Waals surface area contributed by atoms with Crippen LogP contribution < -0.4 is 20.7 Å². The summed E-state index contributed by atoms with van der Waals surface area (Å²) in [5.74, 6) is 0.439. The molecule has 0 saturated carbocycles. The summed E-state index contributed by atoms with van der Waals surface area (Å²) in [5, 5.41) is 11.5. The van der Waals surface area contributed by atoms with Gasteiger partial charge in [0.25, 0.3) is 0 Å². The number of aromatic amines is 1. The van der Waals surface area contributed by atoms with Crippen LogP contribution in [0, 0.1) is 0 Å². The number of aromatic nitrogens is 1. The van der Waals surface area contributed by atoms with Crippen molar-refractivity contribution < 1.29 is 14.3 Å². The number of fused-ring (bicyclic) bond motifs is 1. The first-order valence-electron chi connectivity index (χ1n) is 10.8. The molecule has 3 amide bonds. The minimum absolute atomic E-state index is 0.00424. The maximum absolute atomic E-state index is 12.4. The van der Waals surface area contributed by atoms with E-state index in [-0.39, 0.29) is 18.4 Å². The number of anilines is 1. The lowest BCUT2D eigenvalue weighted by Crippen LogP contribution is -2.41. The molecule has 2 heterocycles. The summed E-state index contributed by atoms with van der Waals surface area (Å²) in [6, 6.07) is 18.9. The Labute approximate surface area is 196 Å². The lowest BCUT2D eigenvalue weighted by Gasteiger charge is -2.16. The predicted octanol–water partition coefficient (Wildman–Crippen LogP) is 4.70. The Balaban J connectivity index is 1.32. The van der Waals surface area contributed by atoms with E-state index in [2.05, 4.69) is 33.1 Å². The van der Waals surface area contributed by atoms with Gasteiger partial charge in [-0.3, -0.25) is 4.79 Å². The van der Waals surface area contributed by atoms with Gasteiger partial charge >= 0.3 is 6.03 Å². The lowest BCUT2D eigenvalue weighted by atomic mass is 9.97. The molecule has 0 bridgehead atoms. The summed E-state index contributed by atoms with van der Waals surface area (Å²) in [4.78, 5) is 29.1. The van der Waals surface area contributed by atoms with Crippen LogP contribution in [0.3, 0.4) is 0 Å². The van der Waals surface area contributed by atoms with Gasteiger partial charge in [-0.1, -0.05) is 24.3 Å². The van der Waals surface area contributed by atoms with Gasteiger partial charge in [-0.2, -0.15) is 0 Å². The summed E-state index contributed by atoms with van der Waals surface area (Å²) in [7, 11) is 0. The molecule has 4 N–H and O–H groups in total. The zero-order valence-electron chi connectivity index (χ0n) is 18.3. The second-order valence-corrected chi connectivity index (χ2v) is 8.41. The number of carbonyl (C=O) groups excluding carboxylic acids is 2. The largest absolute Gasteiger partial charge is 0.494 e. The average molecular weight is 463 g/mol. The monoisotopic (exact) mass is 462 g/mol. The van der Waals surface area contributed by atoms with Gasteiger partial charge in [-0.25, -0.2) is 4.79 Å². The van der Waals surface area contributed by atoms with E-state index in [4.69, 9.17) is 4.74 Å². The first-order chi connectivity index (χ1) is 16.1. The second kappa shape index (κ2) is 10.7. The van der Waals surface area contributed by atoms with Crippen molar-refractivity contribution in [3.63, 3.8) is 0 Å². The average Bonchev–Trinajstić information content (AvgIpc) is 3.51. The Morgan fingerprint density at radius 2 is 1.85 bits per heavy atom. The van der Waals surface area contributed by atoms with Crippen molar-refractivity contribution >= 4 is 39.9 Å². The van der Waals surface area contributed by atoms with Crippen LogP contribution in [0.25, 0.3) is 10.9 Å². The molecule has 170 valence electrons. The first-order valence-corrected chi connectivity index (χ1v) is 11.7. The van der Waals surface area contributed by atoms with Crippen LogP contribution >= 0.6 is 11.3 Å². The normalized spacial score (nSPS) is 11.7. The number of amides is 3. The zero-order valence-corrected chi connectivity index (χ0v) is 19.1. The summed E-state index contributed by atoms with van der Waals surface area (Å²) in [6.07, 6.45) is 2.00. The quantitative estimate of drug-likeness (QED) is 0.290. The van der Waals surface area contributed by atoms with E-state index in [1.807, 2.05) is 42.8 Å². The van der Waals surface area contributed by atoms with E-state index in [1.54, 1.807) is 35.6 Å². The number of rotatable bonds is 9. The summed E-state index contributed by atoms with van der Waals surface area (Å²) < 4.78 is 5.39. The highest BCUT2D eigenvalue weighted by Crippen LogP contribution is 2.32. The van der Waals surface area contributed by atoms with Crippen molar-refractivity contribution in [3.05, 3.63) is 82.7 Å². The van der Waals surface area contributed by atoms with Crippen LogP contribution in [0.2, 0.25) is 0 Å². The van der Waals surface area contributed by atoms with Crippen molar-refractivity contribution in [1.82, 2.24) is 15.6 Å². The molecule has 8 heteroatoms. The standard InChI is InChI=1S/C25H26N4O3S/c1-2-32-18-11-9-17(10-12-18)29-24(30)16-28-25(31)27-15-21(23-8-5-13-33-23)20-14-26-22-7-4-3-6-19(20)22/h3-14,21,26H,2,15-16H2,1H3,(H,29,30)(H2,27,28,31). The van der Waals surface area contributed by atoms with E-state index in [9.17, 15) is 9.59 Å². The van der Waals surface area contributed by atoms with E-state index < -0.39 is 6.03 Å². The smallest absolute Gasteiger partial charge is 0.315 e. The highest BCUT2D eigenvalue weighted by atomic mass is 32.1. The minimum atomic E-state index is -0.391. The van der Waals surface area contributed by atoms with Crippen molar-refractivity contribution in [3.8, 4) is 5.75 Å². The van der Waals surface area contributed by atoms with Gasteiger partial charge in [0.05, 0.1) is 13.2 Å². The van der Waals surface area contributed by atoms with Gasteiger partial charge in [-0.05, 0) is 54.3 Å². The Bertz CT molecular complexity index is 1200. The molecule has 0 spiro atoms. The molecule has 7 nitrogen and oxygen atoms in total. The van der Waals surface area contributed by atoms with Crippen LogP contribution in [-0.2, 0) is 4.79 Å². The SMILES string of the molecule is CCOc1ccc(NC(=O)CNC(=O)NCC(c2cccs2)c2c[nH]c3ccccc23)cc1. The van der Waals surface area contributed by atoms with Gasteiger partial charge in [0, 0.05) is 40.1 Å². The molecule has 33 heavy (non-hydrogen) atoms. The van der Waals surface area contributed by atoms with Crippen LogP contribution in [0.4, 0.5) is 10.5 Å². The second-order valence-electron chi connectivity index (χ2n) is 7.43. The molecule has 0 aliphatic carbocycles. The number of para-hydroxylation sites is 1. The van der Waals surface area contributed by atoms with E-state index >= 15 is 0 Å². The Morgan fingerprint density at radius 1 is 1.03 bits per heavy atom. The predicted molar refractivity (Wildman–Crippen MR) is 132 cm³/mol. The third-order valence-electron chi connectivity index (χ3n) is 5.21. The first kappa shape index (κ1) is 22.4. The van der Waals surface area contributed by atoms with Crippen molar-refractivity contribution in [2.75, 3.05) is 25.0 Å². The number of H-pyrrole nitrogens is 1. The zero-order chi connectivity index (χ0) is 23.0. The molecule has 2 aromatic heterocycles. The van der Waals surface area contributed by atoms with Crippen LogP contribution in [-0.4, -0.2) is 36.6 Å². The van der Waals surface area contributed by atoms with Crippen LogP contribution in [0.5, 0.6) is 5.75 Å². The number of ether oxygens (including phenoxy) is 1. The molecule has 4 aromatic rings. The molecule has 1 unspecified atom stereocenters. The van der Waals surface area contributed by atoms with Crippen LogP contribution in [0.1, 0.15) is 23.3 Å². The Kier molecular flexibility index (Phi) is 7.26. The fourth-order valence-corrected chi connectivity index (χ4v) is 4.51. The molecule has 0 fully saturated rings. The molecule has 0 aliphatic heterocycles. The lowest BCUT2D eigenvalue weighted by molar-refractivity contribution is -0.115. The maximum atomic E-state index is 12.4. The third-order valence-corrected chi connectivity index (χ3v) is 6.19. The topological polar surface area (TPSA) is 95.2 Å². The molecule has 0 aliphatic rings. The molecule has 1 atom stereocenters. The Morgan fingerprint density at radius 3 is 2.61 bits per heavy atom. The molecule has 2 aromatic carbocycles. The highest BCUT2D eigenvalue weighted by Gasteiger charge is 2.20. The van der Waals surface area contributed by atoms with Crippen LogP contribution in [0.15, 0.2) is 72.2 Å². The van der Waals surface area contributed by atoms with Crippen molar-refractivity contribution in [2.24, 2.45) is 0 Å². The van der Waals surface area contributed by atoms with Gasteiger partial charge in [0.2, 0.25) is 5.91 Å². The number of nitrogens with one attached hydrogen (secondary N) is 4. The molecule has 0 saturated heterocycles. The van der Waals surface area contributed by atoms with E-state index in [1.165, 1.54) is 0 Å². The molecular weight excluding hydrogens is 436 g/mol. The molecule has 0 radical (unpaired) electrons. The van der Waals surface area contributed by atoms with Gasteiger partial charge in [-0.15, -0.1) is 11.3 Å². The Hall–Kier alpha value is -3.78. The number of hydrogen-bond donors (Lipinski definition) is 4. The number of hydrogen-bond acceptors (Lipinski definition) is 4. The fourth-order valence-electron chi connectivity index (χ4n) is 3.66. The molecule has 4 rings (SSSR count). The number of urea groups is 1. The van der Waals surface area contributed by atoms with E-state index in [0.29, 0.717) is 18.8 Å². The summed E-state index contributed by atoms with van der Waals surface area (Å²) >= 11 is 1.65. The fraction of sp³-hybridized carbons (Fsp3) is 0.200. The van der Waals surface area contributed by atoms with Gasteiger partial charge in [0.1, 0.15) is 5.75 Å². The number of benzene rings is 2. The third kappa shape index (κ3) is 5.72. The summed E-state index contributed by atoms with van der Waals surface area (Å²) in [5.41, 5.74) is 2.83. The minimum Gasteiger partial charge on any atom is -0.494 e. The van der Waals surface area contributed by atoms with E-state index in [0.717, 1.165) is 27.1 Å². The number of thiophene rings is 1. The molecular formula is C25H26N4O3S. The summed E-state index contributed by atoms with van der Waals surface area (Å²) in [6.45, 7) is 2.78. The van der Waals surface area contributed by atoms with Crippen molar-refractivity contribution in [2.45, 2.75) is 12.8 Å². The van der Waals surface area contributed by atoms with Crippen molar-refractivity contribution in [1.29, 1.82) is 0 Å². The highest BCUT2D eigenvalue weighted by molar-refractivity contribution is 7.10. The van der Waals surface area contributed by atoms with Gasteiger partial charge in [0.15, 0.2) is 0 Å².